The minimum atomic E-state index is 0.600. The molecule has 1 N–H and O–H groups in total. The molecule has 0 aliphatic carbocycles. The average Bonchev–Trinajstić information content (AvgIpc) is 2.52. The molecule has 78 valence electrons. The summed E-state index contributed by atoms with van der Waals surface area (Å²) in [6.45, 7) is 6.56. The Balaban J connectivity index is 1.94. The minimum absolute atomic E-state index is 0.600. The van der Waals surface area contributed by atoms with Crippen LogP contribution in [0.4, 0.5) is 0 Å². The molecule has 0 spiro atoms. The number of piperazine rings is 1. The molecule has 4 heteroatoms. The van der Waals surface area contributed by atoms with Crippen molar-refractivity contribution in [3.8, 4) is 0 Å². The first kappa shape index (κ1) is 10.4. The van der Waals surface area contributed by atoms with E-state index in [1.54, 1.807) is 11.3 Å². The molecule has 0 bridgehead atoms. The summed E-state index contributed by atoms with van der Waals surface area (Å²) in [6, 6.07) is 2.58. The molecule has 1 aromatic heterocycles. The van der Waals surface area contributed by atoms with Crippen molar-refractivity contribution in [2.24, 2.45) is 0 Å². The number of nitrogens with one attached hydrogen (secondary N) is 1. The third-order valence-corrected chi connectivity index (χ3v) is 3.88. The molecule has 0 saturated carbocycles. The highest BCUT2D eigenvalue weighted by atomic mass is 35.5. The summed E-state index contributed by atoms with van der Waals surface area (Å²) in [5.74, 6) is 0. The SMILES string of the molecule is CC1CN(Cc2sccc2Cl)CCN1. The molecule has 1 atom stereocenters. The molecular weight excluding hydrogens is 216 g/mol. The van der Waals surface area contributed by atoms with Gasteiger partial charge in [0.2, 0.25) is 0 Å². The topological polar surface area (TPSA) is 15.3 Å². The van der Waals surface area contributed by atoms with Gasteiger partial charge in [-0.1, -0.05) is 11.6 Å². The molecular formula is C10H15ClN2S. The van der Waals surface area contributed by atoms with Crippen LogP contribution >= 0.6 is 22.9 Å². The molecule has 1 aromatic rings. The van der Waals surface area contributed by atoms with E-state index in [0.29, 0.717) is 6.04 Å². The van der Waals surface area contributed by atoms with Crippen LogP contribution in [0.3, 0.4) is 0 Å². The van der Waals surface area contributed by atoms with E-state index in [4.69, 9.17) is 11.6 Å². The average molecular weight is 231 g/mol. The van der Waals surface area contributed by atoms with Gasteiger partial charge in [0.05, 0.1) is 5.02 Å². The molecule has 0 aromatic carbocycles. The Hall–Kier alpha value is -0.0900. The molecule has 0 amide bonds. The third-order valence-electron chi connectivity index (χ3n) is 2.51. The van der Waals surface area contributed by atoms with Crippen molar-refractivity contribution in [3.63, 3.8) is 0 Å². The van der Waals surface area contributed by atoms with E-state index in [1.165, 1.54) is 4.88 Å². The van der Waals surface area contributed by atoms with Gasteiger partial charge in [-0.3, -0.25) is 4.90 Å². The predicted molar refractivity (Wildman–Crippen MR) is 62.1 cm³/mol. The second-order valence-electron chi connectivity index (χ2n) is 3.78. The van der Waals surface area contributed by atoms with E-state index in [1.807, 2.05) is 6.07 Å². The number of hydrogen-bond donors (Lipinski definition) is 1. The number of rotatable bonds is 2. The second-order valence-corrected chi connectivity index (χ2v) is 5.19. The van der Waals surface area contributed by atoms with Crippen LogP contribution in [0.25, 0.3) is 0 Å². The lowest BCUT2D eigenvalue weighted by atomic mass is 10.2. The monoisotopic (exact) mass is 230 g/mol. The fourth-order valence-corrected chi connectivity index (χ4v) is 2.93. The van der Waals surface area contributed by atoms with E-state index in [9.17, 15) is 0 Å². The van der Waals surface area contributed by atoms with Crippen LogP contribution in [0, 0.1) is 0 Å². The van der Waals surface area contributed by atoms with E-state index >= 15 is 0 Å². The first-order valence-corrected chi connectivity index (χ1v) is 6.19. The normalized spacial score (nSPS) is 24.0. The summed E-state index contributed by atoms with van der Waals surface area (Å²) in [5, 5.41) is 6.41. The van der Waals surface area contributed by atoms with Gasteiger partial charge < -0.3 is 5.32 Å². The molecule has 1 unspecified atom stereocenters. The molecule has 1 aliphatic heterocycles. The Morgan fingerprint density at radius 3 is 3.21 bits per heavy atom. The van der Waals surface area contributed by atoms with Gasteiger partial charge in [0, 0.05) is 37.1 Å². The maximum absolute atomic E-state index is 6.06. The zero-order valence-electron chi connectivity index (χ0n) is 8.29. The van der Waals surface area contributed by atoms with Crippen molar-refractivity contribution in [1.29, 1.82) is 0 Å². The smallest absolute Gasteiger partial charge is 0.0558 e. The summed E-state index contributed by atoms with van der Waals surface area (Å²) < 4.78 is 0. The Morgan fingerprint density at radius 1 is 1.71 bits per heavy atom. The number of hydrogen-bond acceptors (Lipinski definition) is 3. The van der Waals surface area contributed by atoms with Gasteiger partial charge in [0.15, 0.2) is 0 Å². The summed E-state index contributed by atoms with van der Waals surface area (Å²) >= 11 is 7.81. The number of thiophene rings is 1. The molecule has 0 radical (unpaired) electrons. The van der Waals surface area contributed by atoms with Gasteiger partial charge in [-0.2, -0.15) is 0 Å². The molecule has 1 saturated heterocycles. The van der Waals surface area contributed by atoms with Crippen molar-refractivity contribution < 1.29 is 0 Å². The number of nitrogens with zero attached hydrogens (tertiary/aromatic N) is 1. The zero-order chi connectivity index (χ0) is 9.97. The summed E-state index contributed by atoms with van der Waals surface area (Å²) in [7, 11) is 0. The van der Waals surface area contributed by atoms with Crippen LogP contribution in [0.1, 0.15) is 11.8 Å². The summed E-state index contributed by atoms with van der Waals surface area (Å²) in [5.41, 5.74) is 0. The van der Waals surface area contributed by atoms with E-state index in [0.717, 1.165) is 31.2 Å². The Morgan fingerprint density at radius 2 is 2.57 bits per heavy atom. The summed E-state index contributed by atoms with van der Waals surface area (Å²) in [6.07, 6.45) is 0. The first-order chi connectivity index (χ1) is 6.75. The highest BCUT2D eigenvalue weighted by Gasteiger charge is 2.16. The van der Waals surface area contributed by atoms with Crippen LogP contribution in [0.15, 0.2) is 11.4 Å². The highest BCUT2D eigenvalue weighted by Crippen LogP contribution is 2.23. The lowest BCUT2D eigenvalue weighted by Crippen LogP contribution is -2.48. The zero-order valence-corrected chi connectivity index (χ0v) is 9.87. The summed E-state index contributed by atoms with van der Waals surface area (Å²) in [4.78, 5) is 3.75. The van der Waals surface area contributed by atoms with Gasteiger partial charge in [0.25, 0.3) is 0 Å². The van der Waals surface area contributed by atoms with Gasteiger partial charge in [-0.05, 0) is 18.4 Å². The maximum atomic E-state index is 6.06. The van der Waals surface area contributed by atoms with Gasteiger partial charge in [-0.25, -0.2) is 0 Å². The van der Waals surface area contributed by atoms with Crippen molar-refractivity contribution in [1.82, 2.24) is 10.2 Å². The fraction of sp³-hybridized carbons (Fsp3) is 0.600. The molecule has 2 nitrogen and oxygen atoms in total. The Bertz CT molecular complexity index is 300. The first-order valence-electron chi connectivity index (χ1n) is 4.93. The van der Waals surface area contributed by atoms with Crippen LogP contribution in [0.2, 0.25) is 5.02 Å². The van der Waals surface area contributed by atoms with Crippen molar-refractivity contribution in [3.05, 3.63) is 21.3 Å². The predicted octanol–water partition coefficient (Wildman–Crippen LogP) is 2.20. The van der Waals surface area contributed by atoms with Crippen LogP contribution in [-0.4, -0.2) is 30.6 Å². The van der Waals surface area contributed by atoms with Crippen LogP contribution in [0.5, 0.6) is 0 Å². The third kappa shape index (κ3) is 2.48. The van der Waals surface area contributed by atoms with Gasteiger partial charge >= 0.3 is 0 Å². The standard InChI is InChI=1S/C10H15ClN2S/c1-8-6-13(4-3-12-8)7-10-9(11)2-5-14-10/h2,5,8,12H,3-4,6-7H2,1H3. The quantitative estimate of drug-likeness (QED) is 0.838. The van der Waals surface area contributed by atoms with Gasteiger partial charge in [0.1, 0.15) is 0 Å². The van der Waals surface area contributed by atoms with Gasteiger partial charge in [-0.15, -0.1) is 11.3 Å². The van der Waals surface area contributed by atoms with Crippen molar-refractivity contribution >= 4 is 22.9 Å². The largest absolute Gasteiger partial charge is 0.312 e. The lowest BCUT2D eigenvalue weighted by molar-refractivity contribution is 0.201. The van der Waals surface area contributed by atoms with Crippen LogP contribution in [-0.2, 0) is 6.54 Å². The molecule has 14 heavy (non-hydrogen) atoms. The van der Waals surface area contributed by atoms with Crippen molar-refractivity contribution in [2.45, 2.75) is 19.5 Å². The maximum Gasteiger partial charge on any atom is 0.0558 e. The minimum Gasteiger partial charge on any atom is -0.312 e. The van der Waals surface area contributed by atoms with E-state index in [2.05, 4.69) is 22.5 Å². The van der Waals surface area contributed by atoms with E-state index in [-0.39, 0.29) is 0 Å². The molecule has 2 rings (SSSR count). The Labute approximate surface area is 93.9 Å². The second kappa shape index (κ2) is 4.62. The number of halogens is 1. The molecule has 1 aliphatic rings. The lowest BCUT2D eigenvalue weighted by Gasteiger charge is -2.31. The molecule has 2 heterocycles. The highest BCUT2D eigenvalue weighted by molar-refractivity contribution is 7.10. The van der Waals surface area contributed by atoms with E-state index < -0.39 is 0 Å². The van der Waals surface area contributed by atoms with Crippen molar-refractivity contribution in [2.75, 3.05) is 19.6 Å². The molecule has 1 fully saturated rings. The van der Waals surface area contributed by atoms with Crippen LogP contribution < -0.4 is 5.32 Å². The Kier molecular flexibility index (Phi) is 3.44. The fourth-order valence-electron chi connectivity index (χ4n) is 1.80.